The van der Waals surface area contributed by atoms with Gasteiger partial charge in [0.15, 0.2) is 0 Å². The Labute approximate surface area is 205 Å². The van der Waals surface area contributed by atoms with Gasteiger partial charge in [0.05, 0.1) is 0 Å². The summed E-state index contributed by atoms with van der Waals surface area (Å²) >= 11 is 0. The standard InChI is InChI=1S/C27H32N2O6/c1-27(25(31)32)14-7-8-15-29(27)24(30)23(13-16-34-2)28-26(33)35-17-22-20-11-5-3-9-18(20)19-10-4-6-12-21(19)22/h3-6,9-12,22-23H,7-8,13-17H2,1-2H3,(H,28,33)(H,31,32). The smallest absolute Gasteiger partial charge is 0.407 e. The van der Waals surface area contributed by atoms with Crippen LogP contribution in [0.1, 0.15) is 49.7 Å². The number of benzene rings is 2. The third-order valence-electron chi connectivity index (χ3n) is 7.16. The summed E-state index contributed by atoms with van der Waals surface area (Å²) in [6, 6.07) is 15.2. The summed E-state index contributed by atoms with van der Waals surface area (Å²) in [5.74, 6) is -1.57. The first-order chi connectivity index (χ1) is 16.9. The van der Waals surface area contributed by atoms with Gasteiger partial charge in [-0.05, 0) is 48.4 Å². The Hall–Kier alpha value is -3.39. The molecule has 1 aliphatic carbocycles. The average molecular weight is 481 g/mol. The van der Waals surface area contributed by atoms with Crippen LogP contribution in [0.4, 0.5) is 4.79 Å². The molecule has 8 nitrogen and oxygen atoms in total. The van der Waals surface area contributed by atoms with Gasteiger partial charge in [0.25, 0.3) is 0 Å². The van der Waals surface area contributed by atoms with Gasteiger partial charge in [-0.1, -0.05) is 48.5 Å². The number of ether oxygens (including phenoxy) is 2. The average Bonchev–Trinajstić information content (AvgIpc) is 3.18. The van der Waals surface area contributed by atoms with Crippen molar-refractivity contribution < 1.29 is 29.0 Å². The quantitative estimate of drug-likeness (QED) is 0.596. The molecular formula is C27H32N2O6. The fraction of sp³-hybridized carbons (Fsp3) is 0.444. The maximum atomic E-state index is 13.4. The van der Waals surface area contributed by atoms with Crippen LogP contribution in [0.5, 0.6) is 0 Å². The largest absolute Gasteiger partial charge is 0.480 e. The number of alkyl carbamates (subject to hydrolysis) is 1. The molecule has 186 valence electrons. The van der Waals surface area contributed by atoms with E-state index in [0.717, 1.165) is 35.1 Å². The van der Waals surface area contributed by atoms with E-state index in [1.54, 1.807) is 6.92 Å². The third-order valence-corrected chi connectivity index (χ3v) is 7.16. The third kappa shape index (κ3) is 4.89. The van der Waals surface area contributed by atoms with Gasteiger partial charge < -0.3 is 24.8 Å². The Bertz CT molecular complexity index is 1060. The fourth-order valence-electron chi connectivity index (χ4n) is 5.16. The van der Waals surface area contributed by atoms with Crippen molar-refractivity contribution in [2.24, 2.45) is 0 Å². The molecule has 2 aromatic rings. The number of carbonyl (C=O) groups excluding carboxylic acids is 2. The Morgan fingerprint density at radius 2 is 1.71 bits per heavy atom. The number of carboxylic acid groups (broad SMARTS) is 1. The van der Waals surface area contributed by atoms with Gasteiger partial charge in [-0.3, -0.25) is 4.79 Å². The zero-order chi connectivity index (χ0) is 25.0. The number of hydrogen-bond acceptors (Lipinski definition) is 5. The minimum Gasteiger partial charge on any atom is -0.480 e. The molecule has 0 aromatic heterocycles. The SMILES string of the molecule is COCCC(NC(=O)OCC1c2ccccc2-c2ccccc21)C(=O)N1CCCCC1(C)C(=O)O. The van der Waals surface area contributed by atoms with Crippen molar-refractivity contribution in [2.45, 2.75) is 50.1 Å². The molecule has 0 saturated carbocycles. The van der Waals surface area contributed by atoms with Crippen molar-refractivity contribution in [3.05, 3.63) is 59.7 Å². The molecule has 1 heterocycles. The van der Waals surface area contributed by atoms with E-state index in [1.165, 1.54) is 12.0 Å². The van der Waals surface area contributed by atoms with Crippen molar-refractivity contribution in [3.8, 4) is 11.1 Å². The van der Waals surface area contributed by atoms with Crippen LogP contribution in [0, 0.1) is 0 Å². The Morgan fingerprint density at radius 3 is 2.31 bits per heavy atom. The molecule has 0 radical (unpaired) electrons. The molecule has 0 spiro atoms. The maximum absolute atomic E-state index is 13.4. The number of fused-ring (bicyclic) bond motifs is 3. The molecule has 1 saturated heterocycles. The second-order valence-corrected chi connectivity index (χ2v) is 9.33. The van der Waals surface area contributed by atoms with Crippen LogP contribution in [0.25, 0.3) is 11.1 Å². The number of rotatable bonds is 8. The van der Waals surface area contributed by atoms with E-state index < -0.39 is 29.6 Å². The van der Waals surface area contributed by atoms with Crippen molar-refractivity contribution in [1.29, 1.82) is 0 Å². The van der Waals surface area contributed by atoms with Gasteiger partial charge in [-0.15, -0.1) is 0 Å². The van der Waals surface area contributed by atoms with Crippen molar-refractivity contribution >= 4 is 18.0 Å². The van der Waals surface area contributed by atoms with Crippen molar-refractivity contribution in [2.75, 3.05) is 26.9 Å². The lowest BCUT2D eigenvalue weighted by Gasteiger charge is -2.43. The summed E-state index contributed by atoms with van der Waals surface area (Å²) in [4.78, 5) is 39.6. The van der Waals surface area contributed by atoms with Gasteiger partial charge in [-0.2, -0.15) is 0 Å². The van der Waals surface area contributed by atoms with E-state index in [4.69, 9.17) is 9.47 Å². The first-order valence-corrected chi connectivity index (χ1v) is 12.0. The van der Waals surface area contributed by atoms with E-state index in [9.17, 15) is 19.5 Å². The molecule has 2 atom stereocenters. The van der Waals surface area contributed by atoms with E-state index in [0.29, 0.717) is 13.0 Å². The van der Waals surface area contributed by atoms with E-state index in [1.807, 2.05) is 36.4 Å². The van der Waals surface area contributed by atoms with Crippen LogP contribution in [0.2, 0.25) is 0 Å². The zero-order valence-electron chi connectivity index (χ0n) is 20.2. The minimum atomic E-state index is -1.30. The van der Waals surface area contributed by atoms with Crippen LogP contribution in [-0.2, 0) is 19.1 Å². The second kappa shape index (κ2) is 10.5. The topological polar surface area (TPSA) is 105 Å². The number of hydrogen-bond donors (Lipinski definition) is 2. The van der Waals surface area contributed by atoms with E-state index >= 15 is 0 Å². The number of nitrogens with zero attached hydrogens (tertiary/aromatic N) is 1. The van der Waals surface area contributed by atoms with Crippen molar-refractivity contribution in [1.82, 2.24) is 10.2 Å². The number of methoxy groups -OCH3 is 1. The highest BCUT2D eigenvalue weighted by molar-refractivity contribution is 5.91. The molecule has 0 bridgehead atoms. The molecule has 1 aliphatic heterocycles. The highest BCUT2D eigenvalue weighted by Gasteiger charge is 2.45. The normalized spacial score (nSPS) is 20.0. The summed E-state index contributed by atoms with van der Waals surface area (Å²) in [6.45, 7) is 2.25. The summed E-state index contributed by atoms with van der Waals surface area (Å²) in [5.41, 5.74) is 3.15. The molecule has 2 aliphatic rings. The predicted octanol–water partition coefficient (Wildman–Crippen LogP) is 3.79. The second-order valence-electron chi connectivity index (χ2n) is 9.33. The Kier molecular flexibility index (Phi) is 7.40. The van der Waals surface area contributed by atoms with Crippen LogP contribution in [0.15, 0.2) is 48.5 Å². The zero-order valence-corrected chi connectivity index (χ0v) is 20.2. The van der Waals surface area contributed by atoms with E-state index in [2.05, 4.69) is 17.4 Å². The van der Waals surface area contributed by atoms with Gasteiger partial charge in [0.2, 0.25) is 5.91 Å². The number of aliphatic carboxylic acids is 1. The van der Waals surface area contributed by atoms with Crippen LogP contribution in [-0.4, -0.2) is 66.4 Å². The monoisotopic (exact) mass is 480 g/mol. The molecule has 2 aromatic carbocycles. The van der Waals surface area contributed by atoms with Crippen LogP contribution >= 0.6 is 0 Å². The number of amides is 2. The number of likely N-dealkylation sites (tertiary alicyclic amines) is 1. The summed E-state index contributed by atoms with van der Waals surface area (Å²) in [6.07, 6.45) is 1.32. The minimum absolute atomic E-state index is 0.0985. The maximum Gasteiger partial charge on any atom is 0.407 e. The van der Waals surface area contributed by atoms with E-state index in [-0.39, 0.29) is 25.6 Å². The predicted molar refractivity (Wildman–Crippen MR) is 130 cm³/mol. The van der Waals surface area contributed by atoms with Gasteiger partial charge in [0.1, 0.15) is 18.2 Å². The lowest BCUT2D eigenvalue weighted by atomic mass is 9.87. The van der Waals surface area contributed by atoms with Gasteiger partial charge in [0, 0.05) is 32.6 Å². The molecule has 2 unspecified atom stereocenters. The first-order valence-electron chi connectivity index (χ1n) is 12.0. The Morgan fingerprint density at radius 1 is 1.09 bits per heavy atom. The molecule has 35 heavy (non-hydrogen) atoms. The van der Waals surface area contributed by atoms with Gasteiger partial charge >= 0.3 is 12.1 Å². The number of nitrogens with one attached hydrogen (secondary N) is 1. The number of carbonyl (C=O) groups is 3. The van der Waals surface area contributed by atoms with Crippen LogP contribution in [0.3, 0.4) is 0 Å². The fourth-order valence-corrected chi connectivity index (χ4v) is 5.16. The lowest BCUT2D eigenvalue weighted by molar-refractivity contribution is -0.162. The molecular weight excluding hydrogens is 448 g/mol. The number of carboxylic acids is 1. The van der Waals surface area contributed by atoms with Crippen molar-refractivity contribution in [3.63, 3.8) is 0 Å². The molecule has 2 amide bonds. The molecule has 8 heteroatoms. The van der Waals surface area contributed by atoms with Crippen LogP contribution < -0.4 is 5.32 Å². The molecule has 4 rings (SSSR count). The Balaban J connectivity index is 1.46. The summed E-state index contributed by atoms with van der Waals surface area (Å²) in [7, 11) is 1.51. The molecule has 1 fully saturated rings. The highest BCUT2D eigenvalue weighted by atomic mass is 16.5. The first kappa shape index (κ1) is 24.7. The lowest BCUT2D eigenvalue weighted by Crippen LogP contribution is -2.62. The molecule has 2 N–H and O–H groups in total. The summed E-state index contributed by atoms with van der Waals surface area (Å²) in [5, 5.41) is 12.5. The summed E-state index contributed by atoms with van der Waals surface area (Å²) < 4.78 is 10.7. The number of piperidine rings is 1. The highest BCUT2D eigenvalue weighted by Crippen LogP contribution is 2.44. The van der Waals surface area contributed by atoms with Gasteiger partial charge in [-0.25, -0.2) is 9.59 Å².